The minimum Gasteiger partial charge on any atom is -0.348 e. The maximum atomic E-state index is 12.7. The third-order valence-electron chi connectivity index (χ3n) is 5.32. The number of nitrogens with zero attached hydrogens (tertiary/aromatic N) is 3. The van der Waals surface area contributed by atoms with E-state index in [4.69, 9.17) is 0 Å². The van der Waals surface area contributed by atoms with Crippen molar-refractivity contribution in [3.8, 4) is 0 Å². The molecular formula is C19H28N4O2. The lowest BCUT2D eigenvalue weighted by Gasteiger charge is -2.29. The van der Waals surface area contributed by atoms with E-state index in [1.165, 1.54) is 0 Å². The number of amides is 3. The highest BCUT2D eigenvalue weighted by Gasteiger charge is 2.51. The fraction of sp³-hybridized carbons (Fsp3) is 0.632. The molecule has 1 aliphatic carbocycles. The quantitative estimate of drug-likeness (QED) is 0.672. The molecule has 0 radical (unpaired) electrons. The highest BCUT2D eigenvalue weighted by Crippen LogP contribution is 2.33. The number of hydrazone groups is 1. The van der Waals surface area contributed by atoms with Gasteiger partial charge in [-0.3, -0.25) is 4.79 Å². The molecule has 0 aromatic carbocycles. The van der Waals surface area contributed by atoms with Crippen LogP contribution in [0.4, 0.5) is 4.79 Å². The molecule has 6 nitrogen and oxygen atoms in total. The van der Waals surface area contributed by atoms with Crippen LogP contribution in [0.5, 0.6) is 0 Å². The Morgan fingerprint density at radius 2 is 1.92 bits per heavy atom. The summed E-state index contributed by atoms with van der Waals surface area (Å²) in [5.74, 6) is 0.344. The van der Waals surface area contributed by atoms with Gasteiger partial charge in [-0.25, -0.2) is 4.79 Å². The van der Waals surface area contributed by atoms with Gasteiger partial charge in [0.05, 0.1) is 6.21 Å². The molecule has 3 rings (SSSR count). The highest BCUT2D eigenvalue weighted by atomic mass is 16.2. The van der Waals surface area contributed by atoms with E-state index in [2.05, 4.69) is 41.8 Å². The lowest BCUT2D eigenvalue weighted by molar-refractivity contribution is -0.132. The van der Waals surface area contributed by atoms with Gasteiger partial charge in [-0.15, -0.1) is 5.01 Å². The summed E-state index contributed by atoms with van der Waals surface area (Å²) >= 11 is 0. The zero-order chi connectivity index (χ0) is 18.2. The topological polar surface area (TPSA) is 66.7 Å². The van der Waals surface area contributed by atoms with Crippen LogP contribution in [0.3, 0.4) is 0 Å². The standard InChI is InChI=1S/C19H28N4O2/c1-13(2)12-22-14(3)10-16(15(22)4)11-20-23-17(24)19(21-18(23)25)8-6-5-7-9-19/h10-11,13H,5-9,12H2,1-4H3,(H,21,25). The summed E-state index contributed by atoms with van der Waals surface area (Å²) < 4.78 is 2.25. The molecule has 2 heterocycles. The number of carbonyl (C=O) groups excluding carboxylic acids is 2. The van der Waals surface area contributed by atoms with Crippen molar-refractivity contribution >= 4 is 18.2 Å². The molecule has 1 aliphatic heterocycles. The smallest absolute Gasteiger partial charge is 0.346 e. The van der Waals surface area contributed by atoms with Crippen LogP contribution < -0.4 is 5.32 Å². The number of imide groups is 1. The Labute approximate surface area is 149 Å². The molecule has 0 atom stereocenters. The van der Waals surface area contributed by atoms with Crippen molar-refractivity contribution in [2.75, 3.05) is 0 Å². The minimum absolute atomic E-state index is 0.204. The van der Waals surface area contributed by atoms with Crippen LogP contribution in [0.2, 0.25) is 0 Å². The predicted octanol–water partition coefficient (Wildman–Crippen LogP) is 3.35. The summed E-state index contributed by atoms with van der Waals surface area (Å²) in [5.41, 5.74) is 2.49. The number of hydrogen-bond donors (Lipinski definition) is 1. The van der Waals surface area contributed by atoms with Gasteiger partial charge >= 0.3 is 6.03 Å². The van der Waals surface area contributed by atoms with E-state index in [9.17, 15) is 9.59 Å². The average molecular weight is 344 g/mol. The summed E-state index contributed by atoms with van der Waals surface area (Å²) in [6.07, 6.45) is 6.13. The monoisotopic (exact) mass is 344 g/mol. The van der Waals surface area contributed by atoms with E-state index in [-0.39, 0.29) is 5.91 Å². The van der Waals surface area contributed by atoms with Crippen molar-refractivity contribution < 1.29 is 9.59 Å². The number of carbonyl (C=O) groups is 2. The first-order chi connectivity index (χ1) is 11.8. The third-order valence-corrected chi connectivity index (χ3v) is 5.32. The van der Waals surface area contributed by atoms with Crippen LogP contribution >= 0.6 is 0 Å². The molecule has 6 heteroatoms. The molecule has 1 N–H and O–H groups in total. The zero-order valence-corrected chi connectivity index (χ0v) is 15.6. The van der Waals surface area contributed by atoms with Gasteiger partial charge in [0.25, 0.3) is 5.91 Å². The molecule has 1 aromatic heterocycles. The first-order valence-corrected chi connectivity index (χ1v) is 9.21. The van der Waals surface area contributed by atoms with E-state index in [1.807, 2.05) is 6.92 Å². The SMILES string of the molecule is Cc1cc(C=NN2C(=O)NC3(CCCCC3)C2=O)c(C)n1CC(C)C. The van der Waals surface area contributed by atoms with Gasteiger partial charge in [0.15, 0.2) is 0 Å². The van der Waals surface area contributed by atoms with E-state index in [0.717, 1.165) is 47.8 Å². The molecule has 0 unspecified atom stereocenters. The zero-order valence-electron chi connectivity index (χ0n) is 15.6. The Bertz CT molecular complexity index is 711. The Morgan fingerprint density at radius 3 is 2.56 bits per heavy atom. The summed E-state index contributed by atoms with van der Waals surface area (Å²) in [7, 11) is 0. The summed E-state index contributed by atoms with van der Waals surface area (Å²) in [6.45, 7) is 9.42. The summed E-state index contributed by atoms with van der Waals surface area (Å²) in [6, 6.07) is 1.65. The first-order valence-electron chi connectivity index (χ1n) is 9.21. The summed E-state index contributed by atoms with van der Waals surface area (Å²) in [5, 5.41) is 8.13. The first kappa shape index (κ1) is 17.7. The van der Waals surface area contributed by atoms with E-state index in [0.29, 0.717) is 18.8 Å². The van der Waals surface area contributed by atoms with Crippen LogP contribution in [0.15, 0.2) is 11.2 Å². The second-order valence-electron chi connectivity index (χ2n) is 7.77. The molecule has 1 aromatic rings. The van der Waals surface area contributed by atoms with Crippen molar-refractivity contribution in [3.63, 3.8) is 0 Å². The minimum atomic E-state index is -0.721. The number of aromatic nitrogens is 1. The Kier molecular flexibility index (Phi) is 4.71. The maximum Gasteiger partial charge on any atom is 0.346 e. The lowest BCUT2D eigenvalue weighted by atomic mass is 9.82. The molecule has 25 heavy (non-hydrogen) atoms. The summed E-state index contributed by atoms with van der Waals surface area (Å²) in [4.78, 5) is 25.0. The Hall–Kier alpha value is -2.11. The van der Waals surface area contributed by atoms with Gasteiger partial charge in [-0.2, -0.15) is 5.10 Å². The molecule has 1 saturated heterocycles. The van der Waals surface area contributed by atoms with E-state index >= 15 is 0 Å². The fourth-order valence-corrected chi connectivity index (χ4v) is 3.93. The predicted molar refractivity (Wildman–Crippen MR) is 97.5 cm³/mol. The molecule has 2 aliphatic rings. The van der Waals surface area contributed by atoms with Crippen molar-refractivity contribution in [2.45, 2.75) is 71.9 Å². The molecular weight excluding hydrogens is 316 g/mol. The molecule has 1 spiro atoms. The van der Waals surface area contributed by atoms with Crippen molar-refractivity contribution in [1.29, 1.82) is 0 Å². The van der Waals surface area contributed by atoms with Gasteiger partial charge in [-0.05, 0) is 38.7 Å². The van der Waals surface area contributed by atoms with Crippen molar-refractivity contribution in [2.24, 2.45) is 11.0 Å². The van der Waals surface area contributed by atoms with Crippen molar-refractivity contribution in [3.05, 3.63) is 23.0 Å². The van der Waals surface area contributed by atoms with Gasteiger partial charge in [0, 0.05) is 23.5 Å². The second-order valence-corrected chi connectivity index (χ2v) is 7.77. The van der Waals surface area contributed by atoms with Gasteiger partial charge in [0.1, 0.15) is 5.54 Å². The average Bonchev–Trinajstić information content (AvgIpc) is 2.94. The van der Waals surface area contributed by atoms with Crippen molar-refractivity contribution in [1.82, 2.24) is 14.9 Å². The number of nitrogens with one attached hydrogen (secondary N) is 1. The van der Waals surface area contributed by atoms with E-state index in [1.54, 1.807) is 6.21 Å². The number of aryl methyl sites for hydroxylation is 1. The molecule has 0 bridgehead atoms. The highest BCUT2D eigenvalue weighted by molar-refractivity contribution is 6.07. The largest absolute Gasteiger partial charge is 0.348 e. The van der Waals surface area contributed by atoms with Crippen LogP contribution in [-0.4, -0.2) is 33.3 Å². The number of hydrogen-bond acceptors (Lipinski definition) is 3. The van der Waals surface area contributed by atoms with Crippen LogP contribution in [-0.2, 0) is 11.3 Å². The van der Waals surface area contributed by atoms with Crippen LogP contribution in [0.1, 0.15) is 62.9 Å². The molecule has 1 saturated carbocycles. The third kappa shape index (κ3) is 3.22. The van der Waals surface area contributed by atoms with Gasteiger partial charge in [0.2, 0.25) is 0 Å². The fourth-order valence-electron chi connectivity index (χ4n) is 3.93. The molecule has 136 valence electrons. The van der Waals surface area contributed by atoms with Crippen LogP contribution in [0, 0.1) is 19.8 Å². The van der Waals surface area contributed by atoms with E-state index < -0.39 is 11.6 Å². The number of rotatable bonds is 4. The molecule has 3 amide bonds. The number of urea groups is 1. The molecule has 2 fully saturated rings. The van der Waals surface area contributed by atoms with Crippen LogP contribution in [0.25, 0.3) is 0 Å². The maximum absolute atomic E-state index is 12.7. The Morgan fingerprint density at radius 1 is 1.24 bits per heavy atom. The second kappa shape index (κ2) is 6.65. The van der Waals surface area contributed by atoms with Gasteiger partial charge in [-0.1, -0.05) is 33.1 Å². The Balaban J connectivity index is 1.80. The normalized spacial score (nSPS) is 20.3. The van der Waals surface area contributed by atoms with Gasteiger partial charge < -0.3 is 9.88 Å². The lowest BCUT2D eigenvalue weighted by Crippen LogP contribution is -2.48.